The highest BCUT2D eigenvalue weighted by molar-refractivity contribution is 7.45. The number of nitrogens with one attached hydrogen (secondary N) is 2. The molecule has 86 valence electrons. The molecule has 0 aliphatic carbocycles. The van der Waals surface area contributed by atoms with E-state index in [1.807, 2.05) is 6.92 Å². The first-order chi connectivity index (χ1) is 7.20. The maximum atomic E-state index is 11.0. The second kappa shape index (κ2) is 9.55. The van der Waals surface area contributed by atoms with Gasteiger partial charge >= 0.3 is 11.6 Å². The Morgan fingerprint density at radius 2 is 2.07 bits per heavy atom. The van der Waals surface area contributed by atoms with E-state index in [1.165, 1.54) is 0 Å². The largest absolute Gasteiger partial charge is 0.464 e. The van der Waals surface area contributed by atoms with Gasteiger partial charge in [-0.3, -0.25) is 14.2 Å². The summed E-state index contributed by atoms with van der Waals surface area (Å²) in [6, 6.07) is 0. The summed E-state index contributed by atoms with van der Waals surface area (Å²) in [4.78, 5) is 21.5. The highest BCUT2D eigenvalue weighted by Gasteiger charge is 2.02. The lowest BCUT2D eigenvalue weighted by molar-refractivity contribution is -0.143. The molecule has 1 amide bonds. The van der Waals surface area contributed by atoms with Crippen LogP contribution in [0, 0.1) is 0 Å². The number of carbonyl (C=O) groups is 2. The van der Waals surface area contributed by atoms with Crippen molar-refractivity contribution >= 4 is 20.1 Å². The Bertz CT molecular complexity index is 223. The molecule has 0 aliphatic heterocycles. The number of hydrogen-bond donors (Lipinski definition) is 2. The van der Waals surface area contributed by atoms with Crippen molar-refractivity contribution in [3.05, 3.63) is 0 Å². The van der Waals surface area contributed by atoms with Gasteiger partial charge < -0.3 is 15.4 Å². The Morgan fingerprint density at radius 1 is 1.33 bits per heavy atom. The number of hydrogen-bond acceptors (Lipinski definition) is 5. The molecule has 0 rings (SSSR count). The van der Waals surface area contributed by atoms with Crippen molar-refractivity contribution < 1.29 is 18.9 Å². The van der Waals surface area contributed by atoms with E-state index in [0.717, 1.165) is 6.54 Å². The summed E-state index contributed by atoms with van der Waals surface area (Å²) in [6.07, 6.45) is 0.307. The lowest BCUT2D eigenvalue weighted by Crippen LogP contribution is -2.24. The zero-order valence-corrected chi connectivity index (χ0v) is 9.51. The molecule has 0 saturated heterocycles. The van der Waals surface area contributed by atoms with Gasteiger partial charge in [0.25, 0.3) is 8.46 Å². The van der Waals surface area contributed by atoms with Gasteiger partial charge in [0, 0.05) is 6.54 Å². The van der Waals surface area contributed by atoms with Crippen molar-refractivity contribution in [2.24, 2.45) is 0 Å². The Morgan fingerprint density at radius 3 is 2.67 bits per heavy atom. The summed E-state index contributed by atoms with van der Waals surface area (Å²) in [5.74, 6) is -0.315. The molecule has 0 heterocycles. The van der Waals surface area contributed by atoms with E-state index < -0.39 is 14.1 Å². The smallest absolute Gasteiger partial charge is 0.312 e. The lowest BCUT2D eigenvalue weighted by atomic mass is 10.4. The van der Waals surface area contributed by atoms with Crippen molar-refractivity contribution in [2.75, 3.05) is 26.2 Å². The van der Waals surface area contributed by atoms with Crippen molar-refractivity contribution in [3.8, 4) is 0 Å². The number of esters is 1. The Kier molecular flexibility index (Phi) is 8.91. The standard InChI is InChI=1S/C8H15N2O4P/c1-2-9-4-3-7(11)14-6-5-10-8(12)15-13/h9H,2-6H2,1H3,(H,10,12). The molecule has 0 aromatic rings. The van der Waals surface area contributed by atoms with E-state index in [4.69, 9.17) is 4.74 Å². The van der Waals surface area contributed by atoms with Gasteiger partial charge in [-0.05, 0) is 6.54 Å². The van der Waals surface area contributed by atoms with E-state index in [1.54, 1.807) is 0 Å². The molecule has 15 heavy (non-hydrogen) atoms. The third-order valence-corrected chi connectivity index (χ3v) is 1.80. The normalized spacial score (nSPS) is 9.93. The van der Waals surface area contributed by atoms with Crippen molar-refractivity contribution in [3.63, 3.8) is 0 Å². The second-order valence-electron chi connectivity index (χ2n) is 2.65. The first-order valence-electron chi connectivity index (χ1n) is 4.68. The molecular weight excluding hydrogens is 219 g/mol. The van der Waals surface area contributed by atoms with E-state index in [9.17, 15) is 14.2 Å². The summed E-state index contributed by atoms with van der Waals surface area (Å²) in [5.41, 5.74) is -0.612. The molecule has 0 aromatic carbocycles. The molecule has 6 nitrogen and oxygen atoms in total. The molecule has 0 fully saturated rings. The van der Waals surface area contributed by atoms with Crippen molar-refractivity contribution in [1.29, 1.82) is 0 Å². The van der Waals surface area contributed by atoms with Gasteiger partial charge in [-0.2, -0.15) is 0 Å². The first kappa shape index (κ1) is 14.0. The fraction of sp³-hybridized carbons (Fsp3) is 0.750. The highest BCUT2D eigenvalue weighted by atomic mass is 31.1. The van der Waals surface area contributed by atoms with Gasteiger partial charge in [-0.1, -0.05) is 6.92 Å². The Labute approximate surface area is 89.9 Å². The molecule has 0 saturated carbocycles. The first-order valence-corrected chi connectivity index (χ1v) is 5.49. The maximum absolute atomic E-state index is 11.0. The maximum Gasteiger partial charge on any atom is 0.312 e. The zero-order valence-electron chi connectivity index (χ0n) is 8.62. The van der Waals surface area contributed by atoms with Crippen LogP contribution >= 0.6 is 8.46 Å². The predicted octanol–water partition coefficient (Wildman–Crippen LogP) is 0.530. The molecule has 0 aliphatic rings. The minimum Gasteiger partial charge on any atom is -0.464 e. The summed E-state index contributed by atoms with van der Waals surface area (Å²) < 4.78 is 14.8. The zero-order chi connectivity index (χ0) is 11.5. The number of rotatable bonds is 8. The molecule has 0 radical (unpaired) electrons. The topological polar surface area (TPSA) is 84.5 Å². The van der Waals surface area contributed by atoms with Gasteiger partial charge in [0.2, 0.25) is 0 Å². The van der Waals surface area contributed by atoms with Crippen LogP contribution in [0.2, 0.25) is 0 Å². The molecule has 0 atom stereocenters. The third-order valence-electron chi connectivity index (χ3n) is 1.48. The Hall–Kier alpha value is -1.00. The molecule has 2 N–H and O–H groups in total. The predicted molar refractivity (Wildman–Crippen MR) is 55.1 cm³/mol. The average Bonchev–Trinajstić information content (AvgIpc) is 2.24. The van der Waals surface area contributed by atoms with E-state index in [0.29, 0.717) is 13.0 Å². The van der Waals surface area contributed by atoms with Crippen molar-refractivity contribution in [2.45, 2.75) is 13.3 Å². The molecule has 0 aromatic heterocycles. The van der Waals surface area contributed by atoms with Crippen LogP contribution < -0.4 is 10.6 Å². The summed E-state index contributed by atoms with van der Waals surface area (Å²) in [7, 11) is -0.582. The summed E-state index contributed by atoms with van der Waals surface area (Å²) in [5, 5.41) is 5.28. The van der Waals surface area contributed by atoms with E-state index >= 15 is 0 Å². The van der Waals surface area contributed by atoms with Crippen LogP contribution in [0.1, 0.15) is 13.3 Å². The SMILES string of the molecule is CCNCCC(=O)OCCNC(=O)P=O. The average molecular weight is 234 g/mol. The number of carbonyl (C=O) groups excluding carboxylic acids is 2. The van der Waals surface area contributed by atoms with Crippen LogP contribution in [-0.2, 0) is 14.1 Å². The van der Waals surface area contributed by atoms with Gasteiger partial charge in [-0.25, -0.2) is 0 Å². The quantitative estimate of drug-likeness (QED) is 0.363. The van der Waals surface area contributed by atoms with Crippen LogP contribution in [0.25, 0.3) is 0 Å². The third kappa shape index (κ3) is 9.31. The number of amides is 1. The Balaban J connectivity index is 3.31. The van der Waals surface area contributed by atoms with E-state index in [-0.39, 0.29) is 19.1 Å². The summed E-state index contributed by atoms with van der Waals surface area (Å²) in [6.45, 7) is 3.63. The molecule has 0 bridgehead atoms. The van der Waals surface area contributed by atoms with Crippen LogP contribution in [0.15, 0.2) is 0 Å². The molecule has 7 heteroatoms. The fourth-order valence-corrected chi connectivity index (χ4v) is 0.971. The highest BCUT2D eigenvalue weighted by Crippen LogP contribution is 1.91. The monoisotopic (exact) mass is 234 g/mol. The minimum atomic E-state index is -0.612. The van der Waals surface area contributed by atoms with Gasteiger partial charge in [0.15, 0.2) is 0 Å². The number of ether oxygens (including phenoxy) is 1. The van der Waals surface area contributed by atoms with Gasteiger partial charge in [-0.15, -0.1) is 0 Å². The molecule has 0 spiro atoms. The van der Waals surface area contributed by atoms with Gasteiger partial charge in [0.05, 0.1) is 13.0 Å². The van der Waals surface area contributed by atoms with Crippen LogP contribution in [-0.4, -0.2) is 37.9 Å². The summed E-state index contributed by atoms with van der Waals surface area (Å²) >= 11 is 0. The van der Waals surface area contributed by atoms with E-state index in [2.05, 4.69) is 10.6 Å². The minimum absolute atomic E-state index is 0.103. The lowest BCUT2D eigenvalue weighted by Gasteiger charge is -2.04. The van der Waals surface area contributed by atoms with Crippen LogP contribution in [0.3, 0.4) is 0 Å². The van der Waals surface area contributed by atoms with Gasteiger partial charge in [0.1, 0.15) is 6.61 Å². The van der Waals surface area contributed by atoms with Crippen LogP contribution in [0.5, 0.6) is 0 Å². The molecular formula is C8H15N2O4P. The fourth-order valence-electron chi connectivity index (χ4n) is 0.795. The van der Waals surface area contributed by atoms with Crippen molar-refractivity contribution in [1.82, 2.24) is 10.6 Å². The second-order valence-corrected chi connectivity index (χ2v) is 3.24. The van der Waals surface area contributed by atoms with Crippen LogP contribution in [0.4, 0.5) is 4.79 Å². The molecule has 0 unspecified atom stereocenters.